The summed E-state index contributed by atoms with van der Waals surface area (Å²) in [5.74, 6) is 1.98. The Bertz CT molecular complexity index is 684. The van der Waals surface area contributed by atoms with Crippen LogP contribution in [0.15, 0.2) is 24.3 Å². The average molecular weight is 298 g/mol. The highest BCUT2D eigenvalue weighted by Gasteiger charge is 2.21. The van der Waals surface area contributed by atoms with Gasteiger partial charge in [-0.3, -0.25) is 0 Å². The van der Waals surface area contributed by atoms with Crippen molar-refractivity contribution in [3.8, 4) is 11.8 Å². The molecule has 3 rings (SSSR count). The Morgan fingerprint density at radius 3 is 3.05 bits per heavy atom. The van der Waals surface area contributed by atoms with Gasteiger partial charge in [-0.15, -0.1) is 0 Å². The lowest BCUT2D eigenvalue weighted by Crippen LogP contribution is -2.08. The molecule has 0 radical (unpaired) electrons. The van der Waals surface area contributed by atoms with Gasteiger partial charge in [0.15, 0.2) is 0 Å². The zero-order valence-corrected chi connectivity index (χ0v) is 12.9. The number of anilines is 1. The van der Waals surface area contributed by atoms with Gasteiger partial charge in [-0.2, -0.15) is 22.1 Å². The molecule has 0 saturated carbocycles. The molecule has 0 amide bonds. The first-order valence-electron chi connectivity index (χ1n) is 7.18. The first kappa shape index (κ1) is 14.0. The van der Waals surface area contributed by atoms with Crippen LogP contribution in [0, 0.1) is 11.3 Å². The summed E-state index contributed by atoms with van der Waals surface area (Å²) in [6.45, 7) is 0.964. The predicted molar refractivity (Wildman–Crippen MR) is 86.9 cm³/mol. The van der Waals surface area contributed by atoms with E-state index < -0.39 is 0 Å². The van der Waals surface area contributed by atoms with Crippen molar-refractivity contribution in [3.63, 3.8) is 0 Å². The van der Waals surface area contributed by atoms with Crippen LogP contribution in [0.2, 0.25) is 0 Å². The van der Waals surface area contributed by atoms with Gasteiger partial charge in [-0.1, -0.05) is 12.1 Å². The predicted octanol–water partition coefficient (Wildman–Crippen LogP) is 3.36. The van der Waals surface area contributed by atoms with Crippen LogP contribution in [0.25, 0.3) is 5.69 Å². The minimum absolute atomic E-state index is 0.657. The second-order valence-electron chi connectivity index (χ2n) is 5.13. The fourth-order valence-corrected chi connectivity index (χ4v) is 3.26. The Labute approximate surface area is 129 Å². The molecule has 2 heterocycles. The SMILES string of the molecule is CSCc1nn(-c2ccccc2C#N)c2c1CCCCN2. The van der Waals surface area contributed by atoms with Gasteiger partial charge < -0.3 is 5.32 Å². The molecule has 0 saturated heterocycles. The van der Waals surface area contributed by atoms with E-state index in [1.54, 1.807) is 11.8 Å². The van der Waals surface area contributed by atoms with Crippen molar-refractivity contribution in [2.24, 2.45) is 0 Å². The maximum Gasteiger partial charge on any atom is 0.133 e. The van der Waals surface area contributed by atoms with Gasteiger partial charge in [0.05, 0.1) is 16.9 Å². The van der Waals surface area contributed by atoms with Crippen molar-refractivity contribution < 1.29 is 0 Å². The Morgan fingerprint density at radius 2 is 2.24 bits per heavy atom. The highest BCUT2D eigenvalue weighted by atomic mass is 32.2. The number of para-hydroxylation sites is 1. The molecule has 4 nitrogen and oxygen atoms in total. The van der Waals surface area contributed by atoms with Gasteiger partial charge in [-0.05, 0) is 37.7 Å². The molecule has 0 spiro atoms. The maximum atomic E-state index is 9.33. The molecule has 0 bridgehead atoms. The summed E-state index contributed by atoms with van der Waals surface area (Å²) in [7, 11) is 0. The van der Waals surface area contributed by atoms with Crippen molar-refractivity contribution in [3.05, 3.63) is 41.1 Å². The fraction of sp³-hybridized carbons (Fsp3) is 0.375. The van der Waals surface area contributed by atoms with Gasteiger partial charge >= 0.3 is 0 Å². The number of nitriles is 1. The Hall–Kier alpha value is -1.93. The summed E-state index contributed by atoms with van der Waals surface area (Å²) in [6, 6.07) is 9.91. The second-order valence-corrected chi connectivity index (χ2v) is 6.00. The third kappa shape index (κ3) is 2.64. The van der Waals surface area contributed by atoms with Crippen molar-refractivity contribution in [2.45, 2.75) is 25.0 Å². The Kier molecular flexibility index (Phi) is 4.16. The number of thioether (sulfide) groups is 1. The molecule has 5 heteroatoms. The molecular formula is C16H18N4S. The molecule has 0 atom stereocenters. The number of hydrogen-bond donors (Lipinski definition) is 1. The van der Waals surface area contributed by atoms with Crippen molar-refractivity contribution in [2.75, 3.05) is 18.1 Å². The molecular weight excluding hydrogens is 280 g/mol. The number of nitrogens with one attached hydrogen (secondary N) is 1. The van der Waals surface area contributed by atoms with Crippen LogP contribution in [-0.4, -0.2) is 22.6 Å². The minimum atomic E-state index is 0.657. The molecule has 0 aliphatic carbocycles. The lowest BCUT2D eigenvalue weighted by atomic mass is 10.1. The number of fused-ring (bicyclic) bond motifs is 1. The van der Waals surface area contributed by atoms with Crippen LogP contribution in [0.3, 0.4) is 0 Å². The lowest BCUT2D eigenvalue weighted by molar-refractivity contribution is 0.771. The zero-order valence-electron chi connectivity index (χ0n) is 12.1. The third-order valence-electron chi connectivity index (χ3n) is 3.75. The van der Waals surface area contributed by atoms with Gasteiger partial charge in [0, 0.05) is 17.9 Å². The van der Waals surface area contributed by atoms with E-state index in [1.807, 2.05) is 28.9 Å². The Morgan fingerprint density at radius 1 is 1.38 bits per heavy atom. The highest BCUT2D eigenvalue weighted by Crippen LogP contribution is 2.30. The standard InChI is InChI=1S/C16H18N4S/c1-21-11-14-13-7-4-5-9-18-16(13)20(19-14)15-8-3-2-6-12(15)10-17/h2-3,6,8,18H,4-5,7,9,11H2,1H3. The number of nitrogens with zero attached hydrogens (tertiary/aromatic N) is 3. The molecule has 2 aromatic rings. The summed E-state index contributed by atoms with van der Waals surface area (Å²) < 4.78 is 1.92. The summed E-state index contributed by atoms with van der Waals surface area (Å²) >= 11 is 1.78. The minimum Gasteiger partial charge on any atom is -0.370 e. The average Bonchev–Trinajstić information content (AvgIpc) is 2.71. The van der Waals surface area contributed by atoms with Crippen LogP contribution >= 0.6 is 11.8 Å². The van der Waals surface area contributed by atoms with E-state index in [0.29, 0.717) is 5.56 Å². The largest absolute Gasteiger partial charge is 0.370 e. The maximum absolute atomic E-state index is 9.33. The van der Waals surface area contributed by atoms with E-state index in [1.165, 1.54) is 18.4 Å². The summed E-state index contributed by atoms with van der Waals surface area (Å²) in [5.41, 5.74) is 3.97. The molecule has 1 aliphatic rings. The van der Waals surface area contributed by atoms with E-state index in [2.05, 4.69) is 17.6 Å². The molecule has 1 aromatic carbocycles. The molecule has 0 fully saturated rings. The monoisotopic (exact) mass is 298 g/mol. The number of rotatable bonds is 3. The van der Waals surface area contributed by atoms with Crippen LogP contribution in [0.4, 0.5) is 5.82 Å². The molecule has 0 unspecified atom stereocenters. The first-order valence-corrected chi connectivity index (χ1v) is 8.57. The van der Waals surface area contributed by atoms with E-state index in [-0.39, 0.29) is 0 Å². The topological polar surface area (TPSA) is 53.6 Å². The zero-order chi connectivity index (χ0) is 14.7. The van der Waals surface area contributed by atoms with Crippen LogP contribution in [0.5, 0.6) is 0 Å². The number of aromatic nitrogens is 2. The molecule has 108 valence electrons. The highest BCUT2D eigenvalue weighted by molar-refractivity contribution is 7.97. The smallest absolute Gasteiger partial charge is 0.133 e. The van der Waals surface area contributed by atoms with Crippen molar-refractivity contribution in [1.82, 2.24) is 9.78 Å². The summed E-state index contributed by atoms with van der Waals surface area (Å²) in [6.07, 6.45) is 5.52. The van der Waals surface area contributed by atoms with Gasteiger partial charge in [0.2, 0.25) is 0 Å². The van der Waals surface area contributed by atoms with E-state index in [9.17, 15) is 5.26 Å². The van der Waals surface area contributed by atoms with Crippen LogP contribution in [0.1, 0.15) is 29.7 Å². The van der Waals surface area contributed by atoms with E-state index in [0.717, 1.165) is 35.9 Å². The quantitative estimate of drug-likeness (QED) is 0.944. The summed E-state index contributed by atoms with van der Waals surface area (Å²) in [5, 5.41) is 17.6. The normalized spacial score (nSPS) is 13.9. The first-order chi connectivity index (χ1) is 10.3. The van der Waals surface area contributed by atoms with Crippen molar-refractivity contribution in [1.29, 1.82) is 5.26 Å². The van der Waals surface area contributed by atoms with E-state index >= 15 is 0 Å². The van der Waals surface area contributed by atoms with Gasteiger partial charge in [0.1, 0.15) is 11.9 Å². The van der Waals surface area contributed by atoms with Crippen molar-refractivity contribution >= 4 is 17.6 Å². The van der Waals surface area contributed by atoms with Crippen LogP contribution < -0.4 is 5.32 Å². The second kappa shape index (κ2) is 6.23. The molecule has 1 aliphatic heterocycles. The third-order valence-corrected chi connectivity index (χ3v) is 4.31. The van der Waals surface area contributed by atoms with E-state index in [4.69, 9.17) is 5.10 Å². The molecule has 21 heavy (non-hydrogen) atoms. The summed E-state index contributed by atoms with van der Waals surface area (Å²) in [4.78, 5) is 0. The number of benzene rings is 1. The number of hydrogen-bond acceptors (Lipinski definition) is 4. The van der Waals surface area contributed by atoms with Gasteiger partial charge in [0.25, 0.3) is 0 Å². The van der Waals surface area contributed by atoms with Crippen LogP contribution in [-0.2, 0) is 12.2 Å². The fourth-order valence-electron chi connectivity index (χ4n) is 2.75. The molecule has 1 aromatic heterocycles. The lowest BCUT2D eigenvalue weighted by Gasteiger charge is -2.10. The molecule has 1 N–H and O–H groups in total. The Balaban J connectivity index is 2.16. The van der Waals surface area contributed by atoms with Gasteiger partial charge in [-0.25, -0.2) is 4.68 Å².